The third-order valence-electron chi connectivity index (χ3n) is 4.40. The zero-order valence-corrected chi connectivity index (χ0v) is 11.6. The van der Waals surface area contributed by atoms with Gasteiger partial charge in [0.25, 0.3) is 0 Å². The molecule has 2 N–H and O–H groups in total. The summed E-state index contributed by atoms with van der Waals surface area (Å²) in [7, 11) is 0. The summed E-state index contributed by atoms with van der Waals surface area (Å²) in [6, 6.07) is 0.840. The van der Waals surface area contributed by atoms with Gasteiger partial charge in [0, 0.05) is 31.7 Å². The molecule has 2 aliphatic heterocycles. The third kappa shape index (κ3) is 2.97. The maximum atomic E-state index is 12.7. The summed E-state index contributed by atoms with van der Waals surface area (Å²) in [5, 5.41) is 0. The molecule has 2 amide bonds. The van der Waals surface area contributed by atoms with E-state index in [0.717, 1.165) is 38.8 Å². The molecule has 0 aromatic carbocycles. The van der Waals surface area contributed by atoms with Crippen molar-refractivity contribution in [2.75, 3.05) is 19.6 Å². The van der Waals surface area contributed by atoms with Crippen LogP contribution in [0.1, 0.15) is 51.9 Å². The third-order valence-corrected chi connectivity index (χ3v) is 4.40. The highest BCUT2D eigenvalue weighted by atomic mass is 16.2. The maximum Gasteiger partial charge on any atom is 0.320 e. The molecule has 2 rings (SSSR count). The molecule has 2 aliphatic rings. The summed E-state index contributed by atoms with van der Waals surface area (Å²) in [4.78, 5) is 16.8. The van der Waals surface area contributed by atoms with Crippen molar-refractivity contribution in [2.24, 2.45) is 5.73 Å². The lowest BCUT2D eigenvalue weighted by atomic mass is 9.97. The normalized spacial score (nSPS) is 30.1. The van der Waals surface area contributed by atoms with Crippen LogP contribution < -0.4 is 5.73 Å². The molecule has 0 aromatic heterocycles. The van der Waals surface area contributed by atoms with E-state index in [2.05, 4.69) is 16.7 Å². The first kappa shape index (κ1) is 13.7. The van der Waals surface area contributed by atoms with Gasteiger partial charge in [-0.1, -0.05) is 12.8 Å². The van der Waals surface area contributed by atoms with Crippen LogP contribution in [0.2, 0.25) is 0 Å². The van der Waals surface area contributed by atoms with E-state index >= 15 is 0 Å². The molecule has 104 valence electrons. The molecule has 18 heavy (non-hydrogen) atoms. The minimum atomic E-state index is 0.236. The summed E-state index contributed by atoms with van der Waals surface area (Å²) in [5.74, 6) is 0. The van der Waals surface area contributed by atoms with Crippen LogP contribution in [0.25, 0.3) is 0 Å². The molecule has 0 radical (unpaired) electrons. The zero-order chi connectivity index (χ0) is 13.0. The molecule has 0 aliphatic carbocycles. The SMILES string of the molecule is CC1CCCC(CN)N1C(=O)N1CCCCCC1. The second-order valence-corrected chi connectivity index (χ2v) is 5.76. The molecule has 0 aromatic rings. The van der Waals surface area contributed by atoms with Gasteiger partial charge in [0.05, 0.1) is 0 Å². The van der Waals surface area contributed by atoms with Crippen molar-refractivity contribution in [3.8, 4) is 0 Å². The number of carbonyl (C=O) groups is 1. The van der Waals surface area contributed by atoms with Crippen LogP contribution in [-0.2, 0) is 0 Å². The average Bonchev–Trinajstić information content (AvgIpc) is 2.66. The molecular formula is C14H27N3O. The van der Waals surface area contributed by atoms with E-state index < -0.39 is 0 Å². The number of rotatable bonds is 1. The maximum absolute atomic E-state index is 12.7. The lowest BCUT2D eigenvalue weighted by molar-refractivity contribution is 0.0894. The molecule has 4 heteroatoms. The van der Waals surface area contributed by atoms with E-state index in [0.29, 0.717) is 12.6 Å². The molecule has 2 atom stereocenters. The van der Waals surface area contributed by atoms with E-state index in [1.54, 1.807) is 0 Å². The molecule has 2 unspecified atom stereocenters. The fraction of sp³-hybridized carbons (Fsp3) is 0.929. The first-order valence-electron chi connectivity index (χ1n) is 7.51. The number of hydrogen-bond acceptors (Lipinski definition) is 2. The van der Waals surface area contributed by atoms with Crippen molar-refractivity contribution in [3.05, 3.63) is 0 Å². The summed E-state index contributed by atoms with van der Waals surface area (Å²) in [6.45, 7) is 4.63. The van der Waals surface area contributed by atoms with Crippen molar-refractivity contribution in [2.45, 2.75) is 64.0 Å². The van der Waals surface area contributed by atoms with Crippen molar-refractivity contribution >= 4 is 6.03 Å². The summed E-state index contributed by atoms with van der Waals surface area (Å²) in [6.07, 6.45) is 8.23. The number of amides is 2. The van der Waals surface area contributed by atoms with Gasteiger partial charge in [-0.15, -0.1) is 0 Å². The Labute approximate surface area is 110 Å². The van der Waals surface area contributed by atoms with Crippen LogP contribution in [-0.4, -0.2) is 47.5 Å². The Bertz CT molecular complexity index is 274. The molecule has 0 saturated carbocycles. The second kappa shape index (κ2) is 6.41. The Morgan fingerprint density at radius 2 is 1.78 bits per heavy atom. The zero-order valence-electron chi connectivity index (χ0n) is 11.6. The van der Waals surface area contributed by atoms with Crippen LogP contribution in [0.4, 0.5) is 4.79 Å². The van der Waals surface area contributed by atoms with E-state index in [-0.39, 0.29) is 12.1 Å². The average molecular weight is 253 g/mol. The van der Waals surface area contributed by atoms with Gasteiger partial charge in [-0.2, -0.15) is 0 Å². The van der Waals surface area contributed by atoms with Gasteiger partial charge in [0.15, 0.2) is 0 Å². The number of carbonyl (C=O) groups excluding carboxylic acids is 1. The Morgan fingerprint density at radius 1 is 1.11 bits per heavy atom. The first-order chi connectivity index (χ1) is 8.74. The molecule has 2 saturated heterocycles. The van der Waals surface area contributed by atoms with Crippen molar-refractivity contribution in [1.29, 1.82) is 0 Å². The van der Waals surface area contributed by atoms with Gasteiger partial charge in [-0.25, -0.2) is 4.79 Å². The van der Waals surface area contributed by atoms with E-state index in [1.807, 2.05) is 0 Å². The van der Waals surface area contributed by atoms with Crippen LogP contribution in [0.5, 0.6) is 0 Å². The fourth-order valence-electron chi connectivity index (χ4n) is 3.29. The Kier molecular flexibility index (Phi) is 4.87. The molecular weight excluding hydrogens is 226 g/mol. The van der Waals surface area contributed by atoms with Crippen molar-refractivity contribution in [3.63, 3.8) is 0 Å². The van der Waals surface area contributed by atoms with Crippen LogP contribution >= 0.6 is 0 Å². The lowest BCUT2D eigenvalue weighted by Gasteiger charge is -2.42. The monoisotopic (exact) mass is 253 g/mol. The topological polar surface area (TPSA) is 49.6 Å². The number of nitrogens with two attached hydrogens (primary N) is 1. The smallest absolute Gasteiger partial charge is 0.320 e. The van der Waals surface area contributed by atoms with Crippen LogP contribution in [0, 0.1) is 0 Å². The Hall–Kier alpha value is -0.770. The predicted octanol–water partition coefficient (Wildman–Crippen LogP) is 2.18. The minimum Gasteiger partial charge on any atom is -0.328 e. The molecule has 0 bridgehead atoms. The van der Waals surface area contributed by atoms with E-state index in [4.69, 9.17) is 5.73 Å². The molecule has 2 heterocycles. The summed E-state index contributed by atoms with van der Waals surface area (Å²) >= 11 is 0. The molecule has 4 nitrogen and oxygen atoms in total. The standard InChI is InChI=1S/C14H27N3O/c1-12-7-6-8-13(11-15)17(12)14(18)16-9-4-2-3-5-10-16/h12-13H,2-11,15H2,1H3. The number of piperidine rings is 1. The Balaban J connectivity index is 2.04. The number of hydrogen-bond donors (Lipinski definition) is 1. The summed E-state index contributed by atoms with van der Waals surface area (Å²) < 4.78 is 0. The number of nitrogens with zero attached hydrogens (tertiary/aromatic N) is 2. The van der Waals surface area contributed by atoms with Gasteiger partial charge in [0.2, 0.25) is 0 Å². The van der Waals surface area contributed by atoms with Crippen LogP contribution in [0.3, 0.4) is 0 Å². The first-order valence-corrected chi connectivity index (χ1v) is 7.51. The van der Waals surface area contributed by atoms with Crippen molar-refractivity contribution < 1.29 is 4.79 Å². The number of urea groups is 1. The predicted molar refractivity (Wildman–Crippen MR) is 73.4 cm³/mol. The lowest BCUT2D eigenvalue weighted by Crippen LogP contribution is -2.56. The minimum absolute atomic E-state index is 0.236. The van der Waals surface area contributed by atoms with E-state index in [9.17, 15) is 4.79 Å². The molecule has 2 fully saturated rings. The van der Waals surface area contributed by atoms with Crippen molar-refractivity contribution in [1.82, 2.24) is 9.80 Å². The molecule has 0 spiro atoms. The van der Waals surface area contributed by atoms with Gasteiger partial charge in [-0.05, 0) is 39.0 Å². The highest BCUT2D eigenvalue weighted by Crippen LogP contribution is 2.24. The number of likely N-dealkylation sites (tertiary alicyclic amines) is 2. The fourth-order valence-corrected chi connectivity index (χ4v) is 3.29. The highest BCUT2D eigenvalue weighted by Gasteiger charge is 2.33. The van der Waals surface area contributed by atoms with Crippen LogP contribution in [0.15, 0.2) is 0 Å². The highest BCUT2D eigenvalue weighted by molar-refractivity contribution is 5.75. The van der Waals surface area contributed by atoms with Gasteiger partial charge in [-0.3, -0.25) is 0 Å². The van der Waals surface area contributed by atoms with Gasteiger partial charge < -0.3 is 15.5 Å². The van der Waals surface area contributed by atoms with Gasteiger partial charge >= 0.3 is 6.03 Å². The quantitative estimate of drug-likeness (QED) is 0.778. The summed E-state index contributed by atoms with van der Waals surface area (Å²) in [5.41, 5.74) is 5.84. The Morgan fingerprint density at radius 3 is 2.39 bits per heavy atom. The second-order valence-electron chi connectivity index (χ2n) is 5.76. The largest absolute Gasteiger partial charge is 0.328 e. The van der Waals surface area contributed by atoms with Gasteiger partial charge in [0.1, 0.15) is 0 Å². The van der Waals surface area contributed by atoms with E-state index in [1.165, 1.54) is 19.3 Å².